The van der Waals surface area contributed by atoms with Crippen molar-refractivity contribution < 1.29 is 10.0 Å². The summed E-state index contributed by atoms with van der Waals surface area (Å²) in [4.78, 5) is 10.6. The van der Waals surface area contributed by atoms with Gasteiger partial charge in [0.25, 0.3) is 0 Å². The quantitative estimate of drug-likeness (QED) is 0.464. The van der Waals surface area contributed by atoms with E-state index in [4.69, 9.17) is 0 Å². The lowest BCUT2D eigenvalue weighted by Crippen LogP contribution is -2.37. The Hall–Kier alpha value is -1.94. The molecule has 4 heteroatoms. The average Bonchev–Trinajstić information content (AvgIpc) is 2.56. The smallest absolute Gasteiger partial charge is 0.326 e. The Labute approximate surface area is 97.6 Å². The Balaban J connectivity index is 2.46. The van der Waals surface area contributed by atoms with E-state index in [0.29, 0.717) is 5.56 Å². The third kappa shape index (κ3) is 1.05. The van der Waals surface area contributed by atoms with E-state index in [-0.39, 0.29) is 0 Å². The molecule has 4 nitrogen and oxygen atoms in total. The van der Waals surface area contributed by atoms with Crippen molar-refractivity contribution in [3.63, 3.8) is 0 Å². The molecule has 0 bridgehead atoms. The zero-order valence-corrected chi connectivity index (χ0v) is 9.25. The maximum absolute atomic E-state index is 11.2. The first-order chi connectivity index (χ1) is 8.06. The van der Waals surface area contributed by atoms with Crippen molar-refractivity contribution in [1.29, 1.82) is 0 Å². The summed E-state index contributed by atoms with van der Waals surface area (Å²) in [6, 6.07) is 10.9. The van der Waals surface area contributed by atoms with Gasteiger partial charge in [-0.15, -0.1) is 0 Å². The molecule has 86 valence electrons. The van der Waals surface area contributed by atoms with E-state index in [2.05, 4.69) is 0 Å². The van der Waals surface area contributed by atoms with Crippen LogP contribution in [0.1, 0.15) is 24.0 Å². The normalized spacial score (nSPS) is 26.4. The van der Waals surface area contributed by atoms with E-state index in [9.17, 15) is 15.2 Å². The fourth-order valence-corrected chi connectivity index (χ4v) is 2.74. The minimum Gasteiger partial charge on any atom is -0.326 e. The summed E-state index contributed by atoms with van der Waals surface area (Å²) < 4.78 is 0. The molecule has 0 radical (unpaired) electrons. The molecule has 1 N–H and O–H groups in total. The molecule has 1 aliphatic carbocycles. The molecule has 2 aromatic rings. The summed E-state index contributed by atoms with van der Waals surface area (Å²) in [5.41, 5.74) is -0.746. The monoisotopic (exact) mass is 229 g/mol. The standard InChI is InChI=1S/C13H11NO3/c1-8-10-6-2-4-9-5-3-7-11(12(9)10)13(8,15)14(16)17/h2-8,15H,1H3. The van der Waals surface area contributed by atoms with Crippen LogP contribution < -0.4 is 0 Å². The molecule has 0 spiro atoms. The van der Waals surface area contributed by atoms with Crippen molar-refractivity contribution in [2.45, 2.75) is 18.6 Å². The molecule has 0 saturated carbocycles. The van der Waals surface area contributed by atoms with E-state index in [0.717, 1.165) is 16.3 Å². The highest BCUT2D eigenvalue weighted by atomic mass is 16.7. The molecular weight excluding hydrogens is 218 g/mol. The van der Waals surface area contributed by atoms with E-state index in [1.165, 1.54) is 0 Å². The maximum atomic E-state index is 11.2. The first-order valence-electron chi connectivity index (χ1n) is 5.46. The van der Waals surface area contributed by atoms with Crippen molar-refractivity contribution in [3.8, 4) is 0 Å². The fourth-order valence-electron chi connectivity index (χ4n) is 2.74. The van der Waals surface area contributed by atoms with Crippen molar-refractivity contribution in [3.05, 3.63) is 57.6 Å². The minimum absolute atomic E-state index is 0.406. The Morgan fingerprint density at radius 3 is 2.59 bits per heavy atom. The van der Waals surface area contributed by atoms with E-state index in [1.54, 1.807) is 19.1 Å². The second kappa shape index (κ2) is 3.05. The van der Waals surface area contributed by atoms with Gasteiger partial charge in [-0.05, 0) is 29.3 Å². The van der Waals surface area contributed by atoms with Crippen molar-refractivity contribution in [2.75, 3.05) is 0 Å². The predicted molar refractivity (Wildman–Crippen MR) is 63.3 cm³/mol. The highest BCUT2D eigenvalue weighted by Crippen LogP contribution is 2.49. The van der Waals surface area contributed by atoms with Crippen molar-refractivity contribution >= 4 is 10.8 Å². The topological polar surface area (TPSA) is 63.4 Å². The number of rotatable bonds is 1. The summed E-state index contributed by atoms with van der Waals surface area (Å²) in [5.74, 6) is -0.529. The van der Waals surface area contributed by atoms with Crippen LogP contribution in [0.15, 0.2) is 36.4 Å². The Morgan fingerprint density at radius 1 is 1.29 bits per heavy atom. The van der Waals surface area contributed by atoms with Crippen LogP contribution in [0.5, 0.6) is 0 Å². The highest BCUT2D eigenvalue weighted by molar-refractivity contribution is 5.92. The number of hydrogen-bond acceptors (Lipinski definition) is 3. The maximum Gasteiger partial charge on any atom is 0.356 e. The van der Waals surface area contributed by atoms with Crippen LogP contribution in [-0.4, -0.2) is 10.0 Å². The number of hydrogen-bond donors (Lipinski definition) is 1. The van der Waals surface area contributed by atoms with Crippen LogP contribution in [0.4, 0.5) is 0 Å². The molecule has 2 unspecified atom stereocenters. The van der Waals surface area contributed by atoms with Crippen LogP contribution in [0, 0.1) is 10.1 Å². The zero-order valence-electron chi connectivity index (χ0n) is 9.25. The summed E-state index contributed by atoms with van der Waals surface area (Å²) in [6.45, 7) is 1.69. The van der Waals surface area contributed by atoms with Gasteiger partial charge in [-0.3, -0.25) is 10.1 Å². The van der Waals surface area contributed by atoms with Gasteiger partial charge in [-0.2, -0.15) is 0 Å². The average molecular weight is 229 g/mol. The van der Waals surface area contributed by atoms with Gasteiger partial charge in [0.1, 0.15) is 0 Å². The second-order valence-corrected chi connectivity index (χ2v) is 4.46. The lowest BCUT2D eigenvalue weighted by atomic mass is 9.95. The Morgan fingerprint density at radius 2 is 1.94 bits per heavy atom. The Bertz CT molecular complexity index is 632. The van der Waals surface area contributed by atoms with Crippen LogP contribution in [0.25, 0.3) is 10.8 Å². The van der Waals surface area contributed by atoms with Crippen molar-refractivity contribution in [2.24, 2.45) is 0 Å². The van der Waals surface area contributed by atoms with Crippen LogP contribution >= 0.6 is 0 Å². The summed E-state index contributed by atoms with van der Waals surface area (Å²) in [7, 11) is 0. The number of aliphatic hydroxyl groups is 1. The Kier molecular flexibility index (Phi) is 1.83. The molecule has 1 aliphatic rings. The molecule has 0 fully saturated rings. The van der Waals surface area contributed by atoms with E-state index >= 15 is 0 Å². The third-order valence-electron chi connectivity index (χ3n) is 3.68. The summed E-state index contributed by atoms with van der Waals surface area (Å²) in [6.07, 6.45) is 0. The fraction of sp³-hybridized carbons (Fsp3) is 0.231. The molecule has 0 aromatic heterocycles. The molecule has 0 heterocycles. The van der Waals surface area contributed by atoms with Gasteiger partial charge < -0.3 is 5.11 Å². The largest absolute Gasteiger partial charge is 0.356 e. The van der Waals surface area contributed by atoms with Crippen LogP contribution in [0.3, 0.4) is 0 Å². The molecule has 3 rings (SSSR count). The van der Waals surface area contributed by atoms with Gasteiger partial charge in [0, 0.05) is 0 Å². The third-order valence-corrected chi connectivity index (χ3v) is 3.68. The molecular formula is C13H11NO3. The van der Waals surface area contributed by atoms with Gasteiger partial charge in [0.15, 0.2) is 0 Å². The summed E-state index contributed by atoms with van der Waals surface area (Å²) in [5, 5.41) is 23.3. The van der Waals surface area contributed by atoms with Gasteiger partial charge in [0.2, 0.25) is 0 Å². The highest BCUT2D eigenvalue weighted by Gasteiger charge is 2.54. The number of benzene rings is 2. The van der Waals surface area contributed by atoms with Crippen LogP contribution in [0.2, 0.25) is 0 Å². The SMILES string of the molecule is CC1c2cccc3cccc(c23)C1(O)[N+](=O)[O-]. The molecule has 2 aromatic carbocycles. The number of nitro groups is 1. The molecule has 17 heavy (non-hydrogen) atoms. The number of nitrogens with zero attached hydrogens (tertiary/aromatic N) is 1. The zero-order chi connectivity index (χ0) is 12.2. The van der Waals surface area contributed by atoms with E-state index < -0.39 is 16.6 Å². The van der Waals surface area contributed by atoms with Gasteiger partial charge in [-0.25, -0.2) is 0 Å². The lowest BCUT2D eigenvalue weighted by Gasteiger charge is -2.19. The molecule has 0 saturated heterocycles. The lowest BCUT2D eigenvalue weighted by molar-refractivity contribution is -0.639. The molecule has 2 atom stereocenters. The van der Waals surface area contributed by atoms with Gasteiger partial charge in [0.05, 0.1) is 16.4 Å². The summed E-state index contributed by atoms with van der Waals surface area (Å²) >= 11 is 0. The predicted octanol–water partition coefficient (Wildman–Crippen LogP) is 2.38. The van der Waals surface area contributed by atoms with Gasteiger partial charge in [-0.1, -0.05) is 30.3 Å². The first-order valence-corrected chi connectivity index (χ1v) is 5.46. The van der Waals surface area contributed by atoms with Crippen LogP contribution in [-0.2, 0) is 5.72 Å². The van der Waals surface area contributed by atoms with Gasteiger partial charge >= 0.3 is 5.72 Å². The first kappa shape index (κ1) is 10.2. The molecule has 0 amide bonds. The van der Waals surface area contributed by atoms with E-state index in [1.807, 2.05) is 24.3 Å². The minimum atomic E-state index is -2.00. The molecule has 0 aliphatic heterocycles. The second-order valence-electron chi connectivity index (χ2n) is 4.46. The van der Waals surface area contributed by atoms with Crippen molar-refractivity contribution in [1.82, 2.24) is 0 Å².